The first-order chi connectivity index (χ1) is 16.8. The average molecular weight is 512 g/mol. The minimum atomic E-state index is -1.27. The summed E-state index contributed by atoms with van der Waals surface area (Å²) >= 11 is 1.68. The van der Waals surface area contributed by atoms with Gasteiger partial charge in [-0.15, -0.1) is 11.3 Å². The standard InChI is InChI=1S/C28H33NO6S/c1-27(2,3)34-25(31)29(26(32)35-28(4,5)6)22(24(30)33-7)16-18-12-14-19(15-13-18)21-17-36-23-11-9-8-10-20(21)23/h8-15,17,22H,16H2,1-7H3. The molecule has 2 amide bonds. The number of amides is 2. The number of carbonyl (C=O) groups excluding carboxylic acids is 3. The molecule has 2 aromatic carbocycles. The van der Waals surface area contributed by atoms with Crippen molar-refractivity contribution in [3.05, 3.63) is 59.5 Å². The summed E-state index contributed by atoms with van der Waals surface area (Å²) in [5.41, 5.74) is 1.12. The largest absolute Gasteiger partial charge is 0.467 e. The van der Waals surface area contributed by atoms with E-state index in [1.807, 2.05) is 36.4 Å². The van der Waals surface area contributed by atoms with E-state index in [0.29, 0.717) is 4.90 Å². The lowest BCUT2D eigenvalue weighted by Crippen LogP contribution is -2.53. The topological polar surface area (TPSA) is 82.1 Å². The zero-order chi connectivity index (χ0) is 26.7. The maximum Gasteiger partial charge on any atom is 0.420 e. The normalized spacial score (nSPS) is 12.6. The van der Waals surface area contributed by atoms with Gasteiger partial charge in [-0.25, -0.2) is 14.4 Å². The Morgan fingerprint density at radius 1 is 0.861 bits per heavy atom. The van der Waals surface area contributed by atoms with Crippen molar-refractivity contribution >= 4 is 39.6 Å². The molecule has 0 radical (unpaired) electrons. The van der Waals surface area contributed by atoms with Crippen LogP contribution in [-0.2, 0) is 25.4 Å². The first-order valence-corrected chi connectivity index (χ1v) is 12.6. The molecule has 0 saturated carbocycles. The van der Waals surface area contributed by atoms with Crippen molar-refractivity contribution in [2.45, 2.75) is 65.2 Å². The number of nitrogens with zero attached hydrogens (tertiary/aromatic N) is 1. The van der Waals surface area contributed by atoms with Crippen LogP contribution in [-0.4, -0.2) is 47.4 Å². The predicted octanol–water partition coefficient (Wildman–Crippen LogP) is 6.82. The van der Waals surface area contributed by atoms with Gasteiger partial charge in [0, 0.05) is 22.1 Å². The number of thiophene rings is 1. The molecule has 1 heterocycles. The van der Waals surface area contributed by atoms with Crippen molar-refractivity contribution in [2.75, 3.05) is 7.11 Å². The van der Waals surface area contributed by atoms with Gasteiger partial charge in [-0.3, -0.25) is 0 Å². The Bertz CT molecular complexity index is 1210. The van der Waals surface area contributed by atoms with E-state index in [4.69, 9.17) is 14.2 Å². The van der Waals surface area contributed by atoms with Gasteiger partial charge in [-0.1, -0.05) is 42.5 Å². The van der Waals surface area contributed by atoms with E-state index in [2.05, 4.69) is 17.5 Å². The van der Waals surface area contributed by atoms with Gasteiger partial charge in [-0.05, 0) is 64.1 Å². The lowest BCUT2D eigenvalue weighted by Gasteiger charge is -2.32. The maximum atomic E-state index is 13.1. The van der Waals surface area contributed by atoms with Gasteiger partial charge in [0.2, 0.25) is 0 Å². The zero-order valence-electron chi connectivity index (χ0n) is 21.8. The number of carbonyl (C=O) groups is 3. The van der Waals surface area contributed by atoms with Crippen molar-refractivity contribution < 1.29 is 28.6 Å². The predicted molar refractivity (Wildman–Crippen MR) is 141 cm³/mol. The molecule has 0 bridgehead atoms. The van der Waals surface area contributed by atoms with E-state index in [-0.39, 0.29) is 6.42 Å². The Balaban J connectivity index is 1.93. The molecule has 7 nitrogen and oxygen atoms in total. The Morgan fingerprint density at radius 2 is 1.42 bits per heavy atom. The summed E-state index contributed by atoms with van der Waals surface area (Å²) in [6.45, 7) is 10.1. The molecule has 1 aromatic heterocycles. The van der Waals surface area contributed by atoms with Crippen molar-refractivity contribution in [3.63, 3.8) is 0 Å². The lowest BCUT2D eigenvalue weighted by atomic mass is 10.00. The minimum absolute atomic E-state index is 0.0375. The molecule has 0 aliphatic rings. The molecule has 0 fully saturated rings. The highest BCUT2D eigenvalue weighted by atomic mass is 32.1. The van der Waals surface area contributed by atoms with E-state index in [1.54, 1.807) is 52.9 Å². The molecule has 3 aromatic rings. The number of esters is 1. The fourth-order valence-corrected chi connectivity index (χ4v) is 4.58. The number of benzene rings is 2. The van der Waals surface area contributed by atoms with Gasteiger partial charge < -0.3 is 14.2 Å². The van der Waals surface area contributed by atoms with Crippen LogP contribution in [0, 0.1) is 0 Å². The number of hydrogen-bond acceptors (Lipinski definition) is 7. The molecule has 1 atom stereocenters. The van der Waals surface area contributed by atoms with Crippen molar-refractivity contribution in [1.82, 2.24) is 4.90 Å². The Morgan fingerprint density at radius 3 is 1.94 bits per heavy atom. The van der Waals surface area contributed by atoms with Crippen LogP contribution in [0.15, 0.2) is 53.9 Å². The molecule has 0 spiro atoms. The lowest BCUT2D eigenvalue weighted by molar-refractivity contribution is -0.146. The Labute approximate surface area is 216 Å². The molecular weight excluding hydrogens is 478 g/mol. The third-order valence-electron chi connectivity index (χ3n) is 5.14. The smallest absolute Gasteiger partial charge is 0.420 e. The summed E-state index contributed by atoms with van der Waals surface area (Å²) in [5.74, 6) is -0.750. The molecule has 1 unspecified atom stereocenters. The molecule has 0 aliphatic heterocycles. The summed E-state index contributed by atoms with van der Waals surface area (Å²) in [6.07, 6.45) is -1.92. The van der Waals surface area contributed by atoms with Gasteiger partial charge in [0.05, 0.1) is 7.11 Å². The summed E-state index contributed by atoms with van der Waals surface area (Å²) in [6, 6.07) is 14.6. The molecule has 0 aliphatic carbocycles. The van der Waals surface area contributed by atoms with Gasteiger partial charge >= 0.3 is 18.2 Å². The highest BCUT2D eigenvalue weighted by molar-refractivity contribution is 7.17. The fourth-order valence-electron chi connectivity index (χ4n) is 3.61. The monoisotopic (exact) mass is 511 g/mol. The quantitative estimate of drug-likeness (QED) is 0.276. The molecular formula is C28H33NO6S. The number of rotatable bonds is 5. The van der Waals surface area contributed by atoms with Gasteiger partial charge in [0.15, 0.2) is 0 Å². The van der Waals surface area contributed by atoms with Gasteiger partial charge in [0.25, 0.3) is 0 Å². The maximum absolute atomic E-state index is 13.1. The van der Waals surface area contributed by atoms with E-state index in [0.717, 1.165) is 16.7 Å². The number of fused-ring (bicyclic) bond motifs is 1. The molecule has 3 rings (SSSR count). The molecule has 8 heteroatoms. The second kappa shape index (κ2) is 10.7. The summed E-state index contributed by atoms with van der Waals surface area (Å²) in [7, 11) is 1.21. The first-order valence-electron chi connectivity index (χ1n) is 11.7. The SMILES string of the molecule is COC(=O)C(Cc1ccc(-c2csc3ccccc23)cc1)N(C(=O)OC(C)(C)C)C(=O)OC(C)(C)C. The molecule has 192 valence electrons. The summed E-state index contributed by atoms with van der Waals surface area (Å²) in [5, 5.41) is 3.28. The highest BCUT2D eigenvalue weighted by Crippen LogP contribution is 2.34. The van der Waals surface area contributed by atoms with Crippen molar-refractivity contribution in [2.24, 2.45) is 0 Å². The molecule has 0 N–H and O–H groups in total. The van der Waals surface area contributed by atoms with Crippen LogP contribution in [0.1, 0.15) is 47.1 Å². The third-order valence-corrected chi connectivity index (χ3v) is 6.10. The number of methoxy groups -OCH3 is 1. The van der Waals surface area contributed by atoms with Gasteiger partial charge in [-0.2, -0.15) is 4.90 Å². The van der Waals surface area contributed by atoms with Crippen LogP contribution in [0.3, 0.4) is 0 Å². The van der Waals surface area contributed by atoms with E-state index in [9.17, 15) is 14.4 Å². The third kappa shape index (κ3) is 6.85. The van der Waals surface area contributed by atoms with Crippen molar-refractivity contribution in [1.29, 1.82) is 0 Å². The average Bonchev–Trinajstić information content (AvgIpc) is 3.20. The number of hydrogen-bond donors (Lipinski definition) is 0. The van der Waals surface area contributed by atoms with Crippen LogP contribution >= 0.6 is 11.3 Å². The van der Waals surface area contributed by atoms with Crippen LogP contribution in [0.25, 0.3) is 21.2 Å². The minimum Gasteiger partial charge on any atom is -0.467 e. The molecule has 0 saturated heterocycles. The molecule has 36 heavy (non-hydrogen) atoms. The van der Waals surface area contributed by atoms with E-state index >= 15 is 0 Å². The van der Waals surface area contributed by atoms with Gasteiger partial charge in [0.1, 0.15) is 17.2 Å². The van der Waals surface area contributed by atoms with Crippen LogP contribution in [0.2, 0.25) is 0 Å². The Hall–Kier alpha value is -3.39. The zero-order valence-corrected chi connectivity index (χ0v) is 22.6. The second-order valence-corrected chi connectivity index (χ2v) is 11.3. The summed E-state index contributed by atoms with van der Waals surface area (Å²) < 4.78 is 17.0. The Kier molecular flexibility index (Phi) is 8.09. The van der Waals surface area contributed by atoms with E-state index in [1.165, 1.54) is 17.2 Å². The first kappa shape index (κ1) is 27.2. The number of ether oxygens (including phenoxy) is 3. The van der Waals surface area contributed by atoms with Crippen LogP contribution in [0.5, 0.6) is 0 Å². The highest BCUT2D eigenvalue weighted by Gasteiger charge is 2.41. The van der Waals surface area contributed by atoms with Crippen LogP contribution in [0.4, 0.5) is 9.59 Å². The summed E-state index contributed by atoms with van der Waals surface area (Å²) in [4.78, 5) is 39.7. The van der Waals surface area contributed by atoms with Crippen LogP contribution < -0.4 is 0 Å². The van der Waals surface area contributed by atoms with Crippen molar-refractivity contribution in [3.8, 4) is 11.1 Å². The fraction of sp³-hybridized carbons (Fsp3) is 0.393. The van der Waals surface area contributed by atoms with E-state index < -0.39 is 35.4 Å². The number of imide groups is 1. The second-order valence-electron chi connectivity index (χ2n) is 10.4.